The van der Waals surface area contributed by atoms with E-state index in [9.17, 15) is 0 Å². The van der Waals surface area contributed by atoms with Crippen molar-refractivity contribution in [2.45, 2.75) is 39.3 Å². The number of fused-ring (bicyclic) bond motifs is 1. The van der Waals surface area contributed by atoms with Crippen molar-refractivity contribution in [1.29, 1.82) is 0 Å². The Kier molecular flexibility index (Phi) is 4.89. The molecule has 0 unspecified atom stereocenters. The molecule has 1 atom stereocenters. The Morgan fingerprint density at radius 1 is 1.37 bits per heavy atom. The van der Waals surface area contributed by atoms with Crippen molar-refractivity contribution < 1.29 is 9.47 Å². The van der Waals surface area contributed by atoms with Gasteiger partial charge in [-0.15, -0.1) is 0 Å². The lowest BCUT2D eigenvalue weighted by Gasteiger charge is -2.17. The van der Waals surface area contributed by atoms with Crippen molar-refractivity contribution in [2.75, 3.05) is 25.1 Å². The molecule has 1 fully saturated rings. The predicted octanol–water partition coefficient (Wildman–Crippen LogP) is 3.07. The lowest BCUT2D eigenvalue weighted by atomic mass is 10.1. The largest absolute Gasteiger partial charge is 0.477 e. The number of aromatic nitrogens is 5. The minimum atomic E-state index is 0.231. The molecule has 1 saturated heterocycles. The van der Waals surface area contributed by atoms with Gasteiger partial charge in [0.2, 0.25) is 5.88 Å². The highest BCUT2D eigenvalue weighted by Gasteiger charge is 2.21. The topological polar surface area (TPSA) is 87.0 Å². The summed E-state index contributed by atoms with van der Waals surface area (Å²) < 4.78 is 13.2. The van der Waals surface area contributed by atoms with Crippen LogP contribution in [0, 0.1) is 0 Å². The number of anilines is 1. The number of hydrogen-bond acceptors (Lipinski definition) is 7. The zero-order chi connectivity index (χ0) is 18.8. The Morgan fingerprint density at radius 2 is 2.26 bits per heavy atom. The molecule has 0 radical (unpaired) electrons. The van der Waals surface area contributed by atoms with Crippen LogP contribution in [0.4, 0.5) is 5.69 Å². The molecule has 3 aromatic rings. The van der Waals surface area contributed by atoms with Gasteiger partial charge in [-0.1, -0.05) is 0 Å². The van der Waals surface area contributed by atoms with Crippen LogP contribution in [0.15, 0.2) is 24.8 Å². The highest BCUT2D eigenvalue weighted by atomic mass is 16.5. The summed E-state index contributed by atoms with van der Waals surface area (Å²) in [5.74, 6) is 0.533. The molecule has 1 N–H and O–H groups in total. The van der Waals surface area contributed by atoms with E-state index in [-0.39, 0.29) is 12.1 Å². The van der Waals surface area contributed by atoms with Crippen molar-refractivity contribution in [3.8, 4) is 17.1 Å². The normalized spacial score (nSPS) is 17.0. The van der Waals surface area contributed by atoms with Crippen LogP contribution in [0.25, 0.3) is 22.3 Å². The number of rotatable bonds is 6. The van der Waals surface area contributed by atoms with Gasteiger partial charge in [0, 0.05) is 18.8 Å². The maximum Gasteiger partial charge on any atom is 0.226 e. The Bertz CT molecular complexity index is 933. The van der Waals surface area contributed by atoms with Gasteiger partial charge in [0.15, 0.2) is 0 Å². The highest BCUT2D eigenvalue weighted by Crippen LogP contribution is 2.33. The van der Waals surface area contributed by atoms with Crippen LogP contribution in [-0.4, -0.2) is 50.6 Å². The molecule has 0 aliphatic carbocycles. The number of pyridine rings is 1. The van der Waals surface area contributed by atoms with Crippen molar-refractivity contribution in [1.82, 2.24) is 24.7 Å². The Hall–Kier alpha value is -2.74. The van der Waals surface area contributed by atoms with Gasteiger partial charge in [-0.05, 0) is 33.3 Å². The first-order valence-corrected chi connectivity index (χ1v) is 9.33. The van der Waals surface area contributed by atoms with Crippen LogP contribution >= 0.6 is 0 Å². The third-order valence-electron chi connectivity index (χ3n) is 4.56. The fraction of sp³-hybridized carbons (Fsp3) is 0.474. The smallest absolute Gasteiger partial charge is 0.226 e. The summed E-state index contributed by atoms with van der Waals surface area (Å²) in [6.45, 7) is 8.17. The maximum absolute atomic E-state index is 5.67. The molecule has 1 aliphatic heterocycles. The second kappa shape index (κ2) is 7.48. The standard InChI is InChI=1S/C19H24N6O2/c1-4-27-19-14(8-20-11-21-19)15-7-16(23-13-5-6-26-10-13)18-17(24-15)9-22-25(18)12(2)3/h7-9,11-13H,4-6,10H2,1-3H3,(H,23,24)/t13-/m0/s1. The number of ether oxygens (including phenoxy) is 2. The van der Waals surface area contributed by atoms with Crippen molar-refractivity contribution in [3.05, 3.63) is 24.8 Å². The Balaban J connectivity index is 1.85. The molecule has 4 rings (SSSR count). The molecule has 8 nitrogen and oxygen atoms in total. The van der Waals surface area contributed by atoms with Crippen molar-refractivity contribution in [2.24, 2.45) is 0 Å². The fourth-order valence-corrected chi connectivity index (χ4v) is 3.32. The molecule has 0 amide bonds. The maximum atomic E-state index is 5.67. The molecule has 4 heterocycles. The van der Waals surface area contributed by atoms with Gasteiger partial charge in [-0.25, -0.2) is 15.0 Å². The third-order valence-corrected chi connectivity index (χ3v) is 4.56. The quantitative estimate of drug-likeness (QED) is 0.715. The zero-order valence-electron chi connectivity index (χ0n) is 15.8. The molecule has 0 aromatic carbocycles. The molecule has 27 heavy (non-hydrogen) atoms. The molecule has 1 aliphatic rings. The van der Waals surface area contributed by atoms with Gasteiger partial charge in [-0.2, -0.15) is 5.10 Å². The van der Waals surface area contributed by atoms with Crippen LogP contribution in [-0.2, 0) is 4.74 Å². The van der Waals surface area contributed by atoms with Crippen LogP contribution < -0.4 is 10.1 Å². The minimum absolute atomic E-state index is 0.231. The van der Waals surface area contributed by atoms with E-state index in [0.717, 1.165) is 41.0 Å². The van der Waals surface area contributed by atoms with E-state index in [4.69, 9.17) is 14.5 Å². The Labute approximate surface area is 157 Å². The van der Waals surface area contributed by atoms with Crippen molar-refractivity contribution in [3.63, 3.8) is 0 Å². The number of hydrogen-bond donors (Lipinski definition) is 1. The minimum Gasteiger partial charge on any atom is -0.477 e. The summed E-state index contributed by atoms with van der Waals surface area (Å²) in [4.78, 5) is 13.2. The average Bonchev–Trinajstić information content (AvgIpc) is 3.32. The second-order valence-electron chi connectivity index (χ2n) is 6.85. The van der Waals surface area contributed by atoms with Crippen LogP contribution in [0.5, 0.6) is 5.88 Å². The molecule has 3 aromatic heterocycles. The van der Waals surface area contributed by atoms with E-state index < -0.39 is 0 Å². The van der Waals surface area contributed by atoms with Gasteiger partial charge < -0.3 is 14.8 Å². The van der Waals surface area contributed by atoms with Gasteiger partial charge in [0.1, 0.15) is 17.4 Å². The fourth-order valence-electron chi connectivity index (χ4n) is 3.32. The zero-order valence-corrected chi connectivity index (χ0v) is 15.8. The molecule has 0 spiro atoms. The Morgan fingerprint density at radius 3 is 3.00 bits per heavy atom. The summed E-state index contributed by atoms with van der Waals surface area (Å²) in [7, 11) is 0. The lowest BCUT2D eigenvalue weighted by molar-refractivity contribution is 0.195. The summed E-state index contributed by atoms with van der Waals surface area (Å²) in [6, 6.07) is 2.54. The molecule has 0 bridgehead atoms. The lowest BCUT2D eigenvalue weighted by Crippen LogP contribution is -2.20. The van der Waals surface area contributed by atoms with Crippen molar-refractivity contribution >= 4 is 16.7 Å². The van der Waals surface area contributed by atoms with E-state index in [1.54, 1.807) is 12.4 Å². The molecule has 8 heteroatoms. The van der Waals surface area contributed by atoms with Gasteiger partial charge >= 0.3 is 0 Å². The number of nitrogens with zero attached hydrogens (tertiary/aromatic N) is 5. The SMILES string of the molecule is CCOc1ncncc1-c1cc(N[C@H]2CCOC2)c2c(cnn2C(C)C)n1. The number of nitrogens with one attached hydrogen (secondary N) is 1. The summed E-state index contributed by atoms with van der Waals surface area (Å²) in [5, 5.41) is 8.16. The summed E-state index contributed by atoms with van der Waals surface area (Å²) >= 11 is 0. The van der Waals surface area contributed by atoms with E-state index in [0.29, 0.717) is 19.1 Å². The first-order valence-electron chi connectivity index (χ1n) is 9.33. The average molecular weight is 368 g/mol. The highest BCUT2D eigenvalue weighted by molar-refractivity contribution is 5.91. The molecular formula is C19H24N6O2. The first kappa shape index (κ1) is 17.7. The summed E-state index contributed by atoms with van der Waals surface area (Å²) in [6.07, 6.45) is 6.01. The van der Waals surface area contributed by atoms with E-state index in [2.05, 4.69) is 34.2 Å². The predicted molar refractivity (Wildman–Crippen MR) is 103 cm³/mol. The van der Waals surface area contributed by atoms with Crippen LogP contribution in [0.2, 0.25) is 0 Å². The monoisotopic (exact) mass is 368 g/mol. The molecule has 142 valence electrons. The first-order chi connectivity index (χ1) is 13.2. The van der Waals surface area contributed by atoms with E-state index in [1.165, 1.54) is 6.33 Å². The van der Waals surface area contributed by atoms with Crippen LogP contribution in [0.1, 0.15) is 33.2 Å². The third kappa shape index (κ3) is 3.44. The van der Waals surface area contributed by atoms with Gasteiger partial charge in [-0.3, -0.25) is 4.68 Å². The molecular weight excluding hydrogens is 344 g/mol. The second-order valence-corrected chi connectivity index (χ2v) is 6.85. The summed E-state index contributed by atoms with van der Waals surface area (Å²) in [5.41, 5.74) is 4.34. The van der Waals surface area contributed by atoms with Gasteiger partial charge in [0.05, 0.1) is 42.4 Å². The van der Waals surface area contributed by atoms with E-state index >= 15 is 0 Å². The molecule has 0 saturated carbocycles. The van der Waals surface area contributed by atoms with Gasteiger partial charge in [0.25, 0.3) is 0 Å². The van der Waals surface area contributed by atoms with E-state index in [1.807, 2.05) is 17.7 Å². The van der Waals surface area contributed by atoms with Crippen LogP contribution in [0.3, 0.4) is 0 Å².